The second kappa shape index (κ2) is 6.28. The van der Waals surface area contributed by atoms with Crippen molar-refractivity contribution in [3.8, 4) is 0 Å². The molecule has 0 amide bonds. The molecule has 0 saturated carbocycles. The van der Waals surface area contributed by atoms with Crippen molar-refractivity contribution >= 4 is 41.6 Å². The molecule has 0 fully saturated rings. The van der Waals surface area contributed by atoms with Gasteiger partial charge in [-0.15, -0.1) is 0 Å². The molecular weight excluding hydrogens is 396 g/mol. The molecule has 0 heterocycles. The summed E-state index contributed by atoms with van der Waals surface area (Å²) in [7, 11) is -24.5. The van der Waals surface area contributed by atoms with Crippen LogP contribution in [0.2, 0.25) is 0 Å². The number of nitrogens with zero attached hydrogens (tertiary/aromatic N) is 2. The molecule has 128 valence electrons. The molecule has 0 aliphatic carbocycles. The zero-order valence-corrected chi connectivity index (χ0v) is 12.7. The first-order chi connectivity index (χ1) is 8.97. The monoisotopic (exact) mass is 402 g/mol. The average Bonchev–Trinajstić information content (AvgIpc) is 2.07. The number of hydrogen-bond donors (Lipinski definition) is 0. The quantitative estimate of drug-likeness (QED) is 0.365. The Labute approximate surface area is 118 Å². The zero-order chi connectivity index (χ0) is 17.3. The van der Waals surface area contributed by atoms with Gasteiger partial charge < -0.3 is 0 Å². The van der Waals surface area contributed by atoms with E-state index in [1.165, 1.54) is 0 Å². The van der Waals surface area contributed by atoms with Gasteiger partial charge in [0.05, 0.1) is 0 Å². The Balaban J connectivity index is 5.19. The van der Waals surface area contributed by atoms with Gasteiger partial charge in [0, 0.05) is 13.1 Å². The molecule has 0 aromatic heterocycles. The van der Waals surface area contributed by atoms with Crippen LogP contribution in [0.1, 0.15) is 6.42 Å². The molecule has 0 aliphatic heterocycles. The van der Waals surface area contributed by atoms with Crippen molar-refractivity contribution in [3.63, 3.8) is 0 Å². The third kappa shape index (κ3) is 6.82. The Bertz CT molecular complexity index is 652. The Morgan fingerprint density at radius 3 is 0.857 bits per heavy atom. The van der Waals surface area contributed by atoms with Gasteiger partial charge in [-0.3, -0.25) is 0 Å². The predicted molar refractivity (Wildman–Crippen MR) is 58.1 cm³/mol. The van der Waals surface area contributed by atoms with Crippen molar-refractivity contribution in [1.82, 2.24) is 7.42 Å². The Morgan fingerprint density at radius 2 is 0.714 bits per heavy atom. The van der Waals surface area contributed by atoms with Crippen LogP contribution >= 0.6 is 0 Å². The lowest BCUT2D eigenvalue weighted by Crippen LogP contribution is -2.37. The van der Waals surface area contributed by atoms with E-state index in [0.717, 1.165) is 0 Å². The summed E-state index contributed by atoms with van der Waals surface area (Å²) >= 11 is 0. The van der Waals surface area contributed by atoms with E-state index in [1.807, 2.05) is 0 Å². The molecular formula is C3H6F4N2O8S4. The maximum absolute atomic E-state index is 12.4. The van der Waals surface area contributed by atoms with E-state index in [4.69, 9.17) is 0 Å². The minimum Gasteiger partial charge on any atom is -0.176 e. The smallest absolute Gasteiger partial charge is 0.176 e. The summed E-state index contributed by atoms with van der Waals surface area (Å²) in [6.45, 7) is -3.28. The highest BCUT2D eigenvalue weighted by molar-refractivity contribution is 7.99. The molecule has 0 N–H and O–H groups in total. The second-order valence-corrected chi connectivity index (χ2v) is 8.64. The summed E-state index contributed by atoms with van der Waals surface area (Å²) in [5.41, 5.74) is 0. The lowest BCUT2D eigenvalue weighted by Gasteiger charge is -2.14. The molecule has 21 heavy (non-hydrogen) atoms. The SMILES string of the molecule is O=S(=O)(F)N(CCCN(S(=O)(=O)F)S(=O)(=O)F)S(=O)(=O)F. The van der Waals surface area contributed by atoms with E-state index in [9.17, 15) is 49.2 Å². The van der Waals surface area contributed by atoms with Crippen molar-refractivity contribution in [2.75, 3.05) is 13.1 Å². The largest absolute Gasteiger partial charge is 0.390 e. The molecule has 0 aromatic carbocycles. The van der Waals surface area contributed by atoms with Gasteiger partial charge in [-0.2, -0.15) is 33.7 Å². The molecule has 0 spiro atoms. The van der Waals surface area contributed by atoms with Crippen molar-refractivity contribution in [2.24, 2.45) is 0 Å². The van der Waals surface area contributed by atoms with Crippen LogP contribution in [-0.2, 0) is 41.6 Å². The Hall–Kier alpha value is -0.560. The molecule has 0 aromatic rings. The predicted octanol–water partition coefficient (Wildman–Crippen LogP) is -1.16. The first-order valence-corrected chi connectivity index (χ1v) is 9.67. The maximum Gasteiger partial charge on any atom is 0.390 e. The van der Waals surface area contributed by atoms with Crippen LogP contribution in [0.5, 0.6) is 0 Å². The fraction of sp³-hybridized carbons (Fsp3) is 1.00. The summed E-state index contributed by atoms with van der Waals surface area (Å²) in [5.74, 6) is 0. The van der Waals surface area contributed by atoms with Crippen molar-refractivity contribution in [1.29, 1.82) is 0 Å². The summed E-state index contributed by atoms with van der Waals surface area (Å²) in [6, 6.07) is 0. The first kappa shape index (κ1) is 20.4. The highest BCUT2D eigenvalue weighted by atomic mass is 32.3. The molecule has 0 atom stereocenters. The molecule has 0 rings (SSSR count). The molecule has 0 bridgehead atoms. The molecule has 0 saturated heterocycles. The third-order valence-corrected chi connectivity index (χ3v) is 6.47. The van der Waals surface area contributed by atoms with E-state index in [-0.39, 0.29) is 0 Å². The molecule has 10 nitrogen and oxygen atoms in total. The van der Waals surface area contributed by atoms with Gasteiger partial charge in [-0.25, -0.2) is 0 Å². The van der Waals surface area contributed by atoms with Crippen LogP contribution in [0.3, 0.4) is 0 Å². The van der Waals surface area contributed by atoms with E-state index in [0.29, 0.717) is 0 Å². The minimum absolute atomic E-state index is 1.27. The summed E-state index contributed by atoms with van der Waals surface area (Å²) in [5, 5.41) is 0. The average molecular weight is 402 g/mol. The summed E-state index contributed by atoms with van der Waals surface area (Å²) in [6.07, 6.45) is -1.27. The Kier molecular flexibility index (Phi) is 6.11. The number of hydrogen-bond acceptors (Lipinski definition) is 8. The summed E-state index contributed by atoms with van der Waals surface area (Å²) in [4.78, 5) is 0. The van der Waals surface area contributed by atoms with Gasteiger partial charge in [0.25, 0.3) is 0 Å². The normalized spacial score (nSPS) is 14.8. The van der Waals surface area contributed by atoms with E-state index in [1.54, 1.807) is 0 Å². The van der Waals surface area contributed by atoms with Gasteiger partial charge in [0.1, 0.15) is 0 Å². The van der Waals surface area contributed by atoms with Crippen molar-refractivity contribution in [3.05, 3.63) is 0 Å². The van der Waals surface area contributed by atoms with Gasteiger partial charge in [0.15, 0.2) is 0 Å². The molecule has 0 aliphatic rings. The second-order valence-electron chi connectivity index (χ2n) is 3.11. The van der Waals surface area contributed by atoms with E-state index < -0.39 is 68.6 Å². The van der Waals surface area contributed by atoms with Crippen molar-refractivity contribution < 1.29 is 49.2 Å². The van der Waals surface area contributed by atoms with Crippen LogP contribution < -0.4 is 0 Å². The van der Waals surface area contributed by atoms with Gasteiger partial charge in [-0.1, -0.05) is 15.5 Å². The Morgan fingerprint density at radius 1 is 0.524 bits per heavy atom. The van der Waals surface area contributed by atoms with E-state index in [2.05, 4.69) is 0 Å². The van der Waals surface area contributed by atoms with Gasteiger partial charge in [-0.05, 0) is 13.8 Å². The van der Waals surface area contributed by atoms with Gasteiger partial charge >= 0.3 is 41.6 Å². The highest BCUT2D eigenvalue weighted by Crippen LogP contribution is 2.16. The van der Waals surface area contributed by atoms with Crippen LogP contribution in [-0.4, -0.2) is 54.2 Å². The lowest BCUT2D eigenvalue weighted by atomic mass is 10.4. The number of halogens is 4. The van der Waals surface area contributed by atoms with Gasteiger partial charge in [0.2, 0.25) is 0 Å². The molecule has 0 radical (unpaired) electrons. The third-order valence-electron chi connectivity index (χ3n) is 1.65. The first-order valence-electron chi connectivity index (χ1n) is 4.31. The molecule has 18 heteroatoms. The topological polar surface area (TPSA) is 143 Å². The summed E-state index contributed by atoms with van der Waals surface area (Å²) < 4.78 is 129. The fourth-order valence-electron chi connectivity index (χ4n) is 0.978. The zero-order valence-electron chi connectivity index (χ0n) is 9.43. The number of rotatable bonds is 8. The lowest BCUT2D eigenvalue weighted by molar-refractivity contribution is 0.415. The highest BCUT2D eigenvalue weighted by Gasteiger charge is 2.37. The van der Waals surface area contributed by atoms with E-state index >= 15 is 0 Å². The van der Waals surface area contributed by atoms with Crippen molar-refractivity contribution in [2.45, 2.75) is 6.42 Å². The van der Waals surface area contributed by atoms with Crippen LogP contribution in [0.15, 0.2) is 0 Å². The molecule has 0 unspecified atom stereocenters. The standard InChI is InChI=1S/C3H6F4N2O8S4/c4-18(10,11)8(19(5,12)13)2-1-3-9(20(6,14)15)21(7,16)17/h1-3H2. The fourth-order valence-corrected chi connectivity index (χ4v) is 4.07. The maximum atomic E-state index is 12.4. The van der Waals surface area contributed by atoms with Crippen LogP contribution in [0, 0.1) is 0 Å². The van der Waals surface area contributed by atoms with Crippen LogP contribution in [0.4, 0.5) is 15.5 Å². The minimum atomic E-state index is -6.13. The van der Waals surface area contributed by atoms with Crippen LogP contribution in [0.25, 0.3) is 0 Å².